The lowest BCUT2D eigenvalue weighted by molar-refractivity contribution is -0.131. The second-order valence-corrected chi connectivity index (χ2v) is 3.96. The van der Waals surface area contributed by atoms with E-state index in [4.69, 9.17) is 4.74 Å². The van der Waals surface area contributed by atoms with Gasteiger partial charge in [-0.3, -0.25) is 4.79 Å². The number of carbonyl (C=O) groups excluding carboxylic acids is 1. The van der Waals surface area contributed by atoms with Crippen molar-refractivity contribution < 1.29 is 14.6 Å². The Kier molecular flexibility index (Phi) is 5.66. The van der Waals surface area contributed by atoms with Crippen molar-refractivity contribution in [2.24, 2.45) is 0 Å². The molecule has 1 amide bonds. The van der Waals surface area contributed by atoms with E-state index in [0.29, 0.717) is 6.42 Å². The van der Waals surface area contributed by atoms with E-state index >= 15 is 0 Å². The SMILES string of the molecule is CO[C@H](C)C(=O)N[C@H](CO)Cc1ccccc1. The quantitative estimate of drug-likeness (QED) is 0.767. The van der Waals surface area contributed by atoms with Gasteiger partial charge in [-0.1, -0.05) is 30.3 Å². The molecule has 17 heavy (non-hydrogen) atoms. The molecule has 0 bridgehead atoms. The number of hydrogen-bond donors (Lipinski definition) is 2. The van der Waals surface area contributed by atoms with E-state index in [9.17, 15) is 9.90 Å². The summed E-state index contributed by atoms with van der Waals surface area (Å²) in [6.07, 6.45) is 0.110. The van der Waals surface area contributed by atoms with Crippen LogP contribution >= 0.6 is 0 Å². The molecule has 0 radical (unpaired) electrons. The summed E-state index contributed by atoms with van der Waals surface area (Å²) in [4.78, 5) is 11.6. The van der Waals surface area contributed by atoms with Gasteiger partial charge in [-0.25, -0.2) is 0 Å². The van der Waals surface area contributed by atoms with Crippen LogP contribution in [0.15, 0.2) is 30.3 Å². The average Bonchev–Trinajstić information content (AvgIpc) is 2.38. The molecule has 0 saturated carbocycles. The van der Waals surface area contributed by atoms with Crippen LogP contribution < -0.4 is 5.32 Å². The number of hydrogen-bond acceptors (Lipinski definition) is 3. The number of nitrogens with one attached hydrogen (secondary N) is 1. The zero-order chi connectivity index (χ0) is 12.7. The van der Waals surface area contributed by atoms with Crippen LogP contribution in [-0.4, -0.2) is 36.9 Å². The number of amides is 1. The Labute approximate surface area is 102 Å². The molecule has 0 heterocycles. The second kappa shape index (κ2) is 7.04. The summed E-state index contributed by atoms with van der Waals surface area (Å²) < 4.78 is 4.91. The number of benzene rings is 1. The minimum absolute atomic E-state index is 0.0862. The van der Waals surface area contributed by atoms with Crippen LogP contribution in [-0.2, 0) is 16.0 Å². The third-order valence-electron chi connectivity index (χ3n) is 2.61. The van der Waals surface area contributed by atoms with Crippen LogP contribution in [0.3, 0.4) is 0 Å². The Morgan fingerprint density at radius 3 is 2.59 bits per heavy atom. The first kappa shape index (κ1) is 13.7. The Balaban J connectivity index is 2.52. The van der Waals surface area contributed by atoms with Gasteiger partial charge in [-0.05, 0) is 18.9 Å². The summed E-state index contributed by atoms with van der Waals surface area (Å²) >= 11 is 0. The topological polar surface area (TPSA) is 58.6 Å². The average molecular weight is 237 g/mol. The van der Waals surface area contributed by atoms with Crippen LogP contribution in [0.2, 0.25) is 0 Å². The van der Waals surface area contributed by atoms with E-state index in [0.717, 1.165) is 5.56 Å². The fourth-order valence-electron chi connectivity index (χ4n) is 1.49. The lowest BCUT2D eigenvalue weighted by atomic mass is 10.1. The minimum Gasteiger partial charge on any atom is -0.394 e. The largest absolute Gasteiger partial charge is 0.394 e. The van der Waals surface area contributed by atoms with Crippen LogP contribution in [0, 0.1) is 0 Å². The Morgan fingerprint density at radius 2 is 2.06 bits per heavy atom. The molecule has 0 aliphatic rings. The normalized spacial score (nSPS) is 14.1. The molecule has 0 aliphatic carbocycles. The molecule has 94 valence electrons. The molecule has 0 unspecified atom stereocenters. The fourth-order valence-corrected chi connectivity index (χ4v) is 1.49. The first-order valence-corrected chi connectivity index (χ1v) is 5.65. The highest BCUT2D eigenvalue weighted by Crippen LogP contribution is 2.03. The highest BCUT2D eigenvalue weighted by Gasteiger charge is 2.16. The second-order valence-electron chi connectivity index (χ2n) is 3.96. The monoisotopic (exact) mass is 237 g/mol. The van der Waals surface area contributed by atoms with Gasteiger partial charge in [0, 0.05) is 7.11 Å². The van der Waals surface area contributed by atoms with Crippen molar-refractivity contribution in [3.05, 3.63) is 35.9 Å². The van der Waals surface area contributed by atoms with Gasteiger partial charge in [0.1, 0.15) is 6.10 Å². The number of aliphatic hydroxyl groups excluding tert-OH is 1. The number of carbonyl (C=O) groups is 1. The summed E-state index contributed by atoms with van der Waals surface area (Å²) in [6.45, 7) is 1.59. The molecule has 4 nitrogen and oxygen atoms in total. The lowest BCUT2D eigenvalue weighted by Crippen LogP contribution is -2.44. The third-order valence-corrected chi connectivity index (χ3v) is 2.61. The van der Waals surface area contributed by atoms with E-state index < -0.39 is 6.10 Å². The molecule has 1 rings (SSSR count). The first-order chi connectivity index (χ1) is 8.17. The van der Waals surface area contributed by atoms with Crippen molar-refractivity contribution >= 4 is 5.91 Å². The summed E-state index contributed by atoms with van der Waals surface area (Å²) in [5, 5.41) is 12.0. The minimum atomic E-state index is -0.500. The van der Waals surface area contributed by atoms with Crippen molar-refractivity contribution in [3.63, 3.8) is 0 Å². The number of methoxy groups -OCH3 is 1. The fraction of sp³-hybridized carbons (Fsp3) is 0.462. The smallest absolute Gasteiger partial charge is 0.249 e. The van der Waals surface area contributed by atoms with Crippen LogP contribution in [0.25, 0.3) is 0 Å². The van der Waals surface area contributed by atoms with Crippen molar-refractivity contribution in [3.8, 4) is 0 Å². The highest BCUT2D eigenvalue weighted by atomic mass is 16.5. The van der Waals surface area contributed by atoms with Crippen LogP contribution in [0.1, 0.15) is 12.5 Å². The highest BCUT2D eigenvalue weighted by molar-refractivity contribution is 5.80. The molecule has 0 aliphatic heterocycles. The predicted octanol–water partition coefficient (Wildman–Crippen LogP) is 0.741. The number of ether oxygens (including phenoxy) is 1. The van der Waals surface area contributed by atoms with E-state index in [1.807, 2.05) is 30.3 Å². The van der Waals surface area contributed by atoms with Gasteiger partial charge in [0.2, 0.25) is 5.91 Å². The Morgan fingerprint density at radius 1 is 1.41 bits per heavy atom. The Hall–Kier alpha value is -1.39. The maximum absolute atomic E-state index is 11.6. The first-order valence-electron chi connectivity index (χ1n) is 5.65. The summed E-state index contributed by atoms with van der Waals surface area (Å²) in [5.41, 5.74) is 1.08. The van der Waals surface area contributed by atoms with Gasteiger partial charge >= 0.3 is 0 Å². The Bertz CT molecular complexity index is 340. The molecule has 0 fully saturated rings. The molecular formula is C13H19NO3. The molecule has 0 aromatic heterocycles. The molecule has 2 N–H and O–H groups in total. The molecule has 1 aromatic rings. The zero-order valence-electron chi connectivity index (χ0n) is 10.2. The third kappa shape index (κ3) is 4.54. The maximum Gasteiger partial charge on any atom is 0.249 e. The van der Waals surface area contributed by atoms with Crippen LogP contribution in [0.4, 0.5) is 0 Å². The predicted molar refractivity (Wildman–Crippen MR) is 65.6 cm³/mol. The molecular weight excluding hydrogens is 218 g/mol. The van der Waals surface area contributed by atoms with Gasteiger partial charge < -0.3 is 15.2 Å². The van der Waals surface area contributed by atoms with E-state index in [2.05, 4.69) is 5.32 Å². The van der Waals surface area contributed by atoms with E-state index in [1.165, 1.54) is 7.11 Å². The number of rotatable bonds is 6. The van der Waals surface area contributed by atoms with Gasteiger partial charge in [0.15, 0.2) is 0 Å². The number of aliphatic hydroxyl groups is 1. The summed E-state index contributed by atoms with van der Waals surface area (Å²) in [6, 6.07) is 9.46. The van der Waals surface area contributed by atoms with Crippen molar-refractivity contribution in [2.75, 3.05) is 13.7 Å². The van der Waals surface area contributed by atoms with Crippen molar-refractivity contribution in [2.45, 2.75) is 25.5 Å². The standard InChI is InChI=1S/C13H19NO3/c1-10(17-2)13(16)14-12(9-15)8-11-6-4-3-5-7-11/h3-7,10,12,15H,8-9H2,1-2H3,(H,14,16)/t10-,12+/m1/s1. The van der Waals surface area contributed by atoms with Gasteiger partial charge in [0.05, 0.1) is 12.6 Å². The van der Waals surface area contributed by atoms with Crippen molar-refractivity contribution in [1.82, 2.24) is 5.32 Å². The van der Waals surface area contributed by atoms with Gasteiger partial charge in [-0.15, -0.1) is 0 Å². The van der Waals surface area contributed by atoms with Gasteiger partial charge in [0.25, 0.3) is 0 Å². The zero-order valence-corrected chi connectivity index (χ0v) is 10.2. The van der Waals surface area contributed by atoms with Crippen LogP contribution in [0.5, 0.6) is 0 Å². The summed E-state index contributed by atoms with van der Waals surface area (Å²) in [5.74, 6) is -0.206. The van der Waals surface area contributed by atoms with E-state index in [1.54, 1.807) is 6.92 Å². The molecule has 0 spiro atoms. The van der Waals surface area contributed by atoms with Gasteiger partial charge in [-0.2, -0.15) is 0 Å². The molecule has 0 saturated heterocycles. The van der Waals surface area contributed by atoms with Crippen molar-refractivity contribution in [1.29, 1.82) is 0 Å². The molecule has 1 aromatic carbocycles. The molecule has 4 heteroatoms. The lowest BCUT2D eigenvalue weighted by Gasteiger charge is -2.18. The molecule has 2 atom stereocenters. The van der Waals surface area contributed by atoms with E-state index in [-0.39, 0.29) is 18.6 Å². The maximum atomic E-state index is 11.6. The summed E-state index contributed by atoms with van der Waals surface area (Å²) in [7, 11) is 1.48.